The predicted molar refractivity (Wildman–Crippen MR) is 76.3 cm³/mol. The van der Waals surface area contributed by atoms with Crippen molar-refractivity contribution in [2.24, 2.45) is 5.92 Å². The maximum atomic E-state index is 6.10. The van der Waals surface area contributed by atoms with Crippen LogP contribution in [0.2, 0.25) is 0 Å². The van der Waals surface area contributed by atoms with Crippen LogP contribution in [-0.4, -0.2) is 5.88 Å². The molecule has 0 aromatic heterocycles. The lowest BCUT2D eigenvalue weighted by molar-refractivity contribution is 0.424. The summed E-state index contributed by atoms with van der Waals surface area (Å²) in [7, 11) is 0. The third kappa shape index (κ3) is 4.10. The number of halogens is 2. The predicted octanol–water partition coefficient (Wildman–Crippen LogP) is 5.60. The van der Waals surface area contributed by atoms with Crippen LogP contribution in [-0.2, 0) is 0 Å². The highest BCUT2D eigenvalue weighted by Crippen LogP contribution is 2.29. The van der Waals surface area contributed by atoms with Gasteiger partial charge in [-0.25, -0.2) is 0 Å². The van der Waals surface area contributed by atoms with E-state index in [1.807, 2.05) is 0 Å². The summed E-state index contributed by atoms with van der Waals surface area (Å²) in [6.07, 6.45) is 3.70. The van der Waals surface area contributed by atoms with Gasteiger partial charge in [0.05, 0.1) is 0 Å². The van der Waals surface area contributed by atoms with E-state index in [1.165, 1.54) is 24.8 Å². The van der Waals surface area contributed by atoms with Gasteiger partial charge in [0.1, 0.15) is 0 Å². The van der Waals surface area contributed by atoms with Crippen molar-refractivity contribution in [3.8, 4) is 0 Å². The first kappa shape index (κ1) is 14.1. The van der Waals surface area contributed by atoms with Crippen molar-refractivity contribution in [2.45, 2.75) is 39.0 Å². The highest BCUT2D eigenvalue weighted by molar-refractivity contribution is 9.10. The van der Waals surface area contributed by atoms with Gasteiger partial charge in [0.15, 0.2) is 0 Å². The van der Waals surface area contributed by atoms with Gasteiger partial charge < -0.3 is 0 Å². The van der Waals surface area contributed by atoms with Gasteiger partial charge in [-0.3, -0.25) is 0 Å². The van der Waals surface area contributed by atoms with Crippen molar-refractivity contribution in [1.82, 2.24) is 0 Å². The molecular formula is C14H20BrCl. The maximum Gasteiger partial charge on any atom is 0.0292 e. The molecule has 90 valence electrons. The zero-order valence-corrected chi connectivity index (χ0v) is 12.4. The number of rotatable bonds is 6. The molecule has 1 unspecified atom stereocenters. The lowest BCUT2D eigenvalue weighted by atomic mass is 9.87. The summed E-state index contributed by atoms with van der Waals surface area (Å²) in [4.78, 5) is 0. The van der Waals surface area contributed by atoms with E-state index < -0.39 is 0 Å². The Labute approximate surface area is 113 Å². The van der Waals surface area contributed by atoms with E-state index in [-0.39, 0.29) is 0 Å². The molecule has 16 heavy (non-hydrogen) atoms. The van der Waals surface area contributed by atoms with Crippen LogP contribution in [0.1, 0.15) is 44.6 Å². The Morgan fingerprint density at radius 2 is 1.94 bits per heavy atom. The standard InChI is InChI=1S/C14H20BrCl/c1-3-11(4-2)8-13(10-16)12-6-5-7-14(15)9-12/h5-7,9,11,13H,3-4,8,10H2,1-2H3. The van der Waals surface area contributed by atoms with Crippen LogP contribution >= 0.6 is 27.5 Å². The molecule has 0 aliphatic carbocycles. The van der Waals surface area contributed by atoms with Gasteiger partial charge in [0.2, 0.25) is 0 Å². The van der Waals surface area contributed by atoms with Gasteiger partial charge in [-0.2, -0.15) is 0 Å². The highest BCUT2D eigenvalue weighted by atomic mass is 79.9. The molecule has 0 N–H and O–H groups in total. The Kier molecular flexibility index (Phi) is 6.45. The van der Waals surface area contributed by atoms with Gasteiger partial charge >= 0.3 is 0 Å². The third-order valence-electron chi connectivity index (χ3n) is 3.28. The molecule has 0 radical (unpaired) electrons. The topological polar surface area (TPSA) is 0 Å². The van der Waals surface area contributed by atoms with Crippen LogP contribution in [0.4, 0.5) is 0 Å². The van der Waals surface area contributed by atoms with E-state index in [2.05, 4.69) is 54.0 Å². The second kappa shape index (κ2) is 7.34. The molecule has 0 heterocycles. The average Bonchev–Trinajstić information content (AvgIpc) is 2.31. The Hall–Kier alpha value is -0.0100. The van der Waals surface area contributed by atoms with E-state index in [0.717, 1.165) is 10.4 Å². The Morgan fingerprint density at radius 3 is 2.44 bits per heavy atom. The van der Waals surface area contributed by atoms with Crippen LogP contribution in [0.3, 0.4) is 0 Å². The fraction of sp³-hybridized carbons (Fsp3) is 0.571. The minimum Gasteiger partial charge on any atom is -0.126 e. The Bertz CT molecular complexity index is 307. The molecule has 1 rings (SSSR count). The van der Waals surface area contributed by atoms with E-state index in [9.17, 15) is 0 Å². The normalized spacial score (nSPS) is 13.1. The lowest BCUT2D eigenvalue weighted by Gasteiger charge is -2.20. The van der Waals surface area contributed by atoms with Crippen molar-refractivity contribution < 1.29 is 0 Å². The first-order valence-electron chi connectivity index (χ1n) is 6.02. The summed E-state index contributed by atoms with van der Waals surface area (Å²) >= 11 is 9.61. The van der Waals surface area contributed by atoms with Crippen molar-refractivity contribution >= 4 is 27.5 Å². The van der Waals surface area contributed by atoms with Gasteiger partial charge in [-0.15, -0.1) is 11.6 Å². The van der Waals surface area contributed by atoms with E-state index in [1.54, 1.807) is 0 Å². The van der Waals surface area contributed by atoms with Crippen LogP contribution in [0.15, 0.2) is 28.7 Å². The zero-order chi connectivity index (χ0) is 12.0. The largest absolute Gasteiger partial charge is 0.126 e. The van der Waals surface area contributed by atoms with Gasteiger partial charge in [0.25, 0.3) is 0 Å². The summed E-state index contributed by atoms with van der Waals surface area (Å²) in [6, 6.07) is 8.52. The molecule has 0 bridgehead atoms. The van der Waals surface area contributed by atoms with E-state index >= 15 is 0 Å². The first-order chi connectivity index (χ1) is 7.71. The monoisotopic (exact) mass is 302 g/mol. The molecular weight excluding hydrogens is 284 g/mol. The second-order valence-corrected chi connectivity index (χ2v) is 5.55. The fourth-order valence-electron chi connectivity index (χ4n) is 2.07. The smallest absolute Gasteiger partial charge is 0.0292 e. The van der Waals surface area contributed by atoms with Crippen molar-refractivity contribution in [3.05, 3.63) is 34.3 Å². The molecule has 1 aromatic rings. The van der Waals surface area contributed by atoms with E-state index in [0.29, 0.717) is 11.8 Å². The molecule has 0 amide bonds. The number of benzene rings is 1. The fourth-order valence-corrected chi connectivity index (χ4v) is 2.79. The van der Waals surface area contributed by atoms with Crippen molar-refractivity contribution in [1.29, 1.82) is 0 Å². The van der Waals surface area contributed by atoms with Crippen molar-refractivity contribution in [3.63, 3.8) is 0 Å². The van der Waals surface area contributed by atoms with Gasteiger partial charge in [-0.1, -0.05) is 54.8 Å². The third-order valence-corrected chi connectivity index (χ3v) is 4.14. The van der Waals surface area contributed by atoms with E-state index in [4.69, 9.17) is 11.6 Å². The molecule has 0 saturated carbocycles. The molecule has 1 aromatic carbocycles. The number of hydrogen-bond acceptors (Lipinski definition) is 0. The average molecular weight is 304 g/mol. The Balaban J connectivity index is 2.74. The number of alkyl halides is 1. The Morgan fingerprint density at radius 1 is 1.25 bits per heavy atom. The highest BCUT2D eigenvalue weighted by Gasteiger charge is 2.15. The van der Waals surface area contributed by atoms with Gasteiger partial charge in [0, 0.05) is 10.4 Å². The zero-order valence-electron chi connectivity index (χ0n) is 10.0. The summed E-state index contributed by atoms with van der Waals surface area (Å²) in [5.41, 5.74) is 1.36. The first-order valence-corrected chi connectivity index (χ1v) is 7.35. The molecule has 0 fully saturated rings. The molecule has 0 nitrogen and oxygen atoms in total. The van der Waals surface area contributed by atoms with Crippen LogP contribution < -0.4 is 0 Å². The molecule has 1 atom stereocenters. The van der Waals surface area contributed by atoms with Crippen LogP contribution in [0, 0.1) is 5.92 Å². The van der Waals surface area contributed by atoms with Crippen molar-refractivity contribution in [2.75, 3.05) is 5.88 Å². The SMILES string of the molecule is CCC(CC)CC(CCl)c1cccc(Br)c1. The summed E-state index contributed by atoms with van der Waals surface area (Å²) < 4.78 is 1.14. The molecule has 0 saturated heterocycles. The molecule has 0 aliphatic heterocycles. The minimum absolute atomic E-state index is 0.490. The lowest BCUT2D eigenvalue weighted by Crippen LogP contribution is -2.08. The summed E-state index contributed by atoms with van der Waals surface area (Å²) in [5, 5.41) is 0. The van der Waals surface area contributed by atoms with Crippen LogP contribution in [0.25, 0.3) is 0 Å². The second-order valence-electron chi connectivity index (χ2n) is 4.32. The summed E-state index contributed by atoms with van der Waals surface area (Å²) in [6.45, 7) is 4.53. The summed E-state index contributed by atoms with van der Waals surface area (Å²) in [5.74, 6) is 2.00. The van der Waals surface area contributed by atoms with Gasteiger partial charge in [-0.05, 0) is 36.0 Å². The quantitative estimate of drug-likeness (QED) is 0.600. The molecule has 0 spiro atoms. The molecule has 0 aliphatic rings. The van der Waals surface area contributed by atoms with Crippen LogP contribution in [0.5, 0.6) is 0 Å². The molecule has 2 heteroatoms. The minimum atomic E-state index is 0.490. The maximum absolute atomic E-state index is 6.10. The number of hydrogen-bond donors (Lipinski definition) is 0.